The second-order valence-electron chi connectivity index (χ2n) is 8.81. The van der Waals surface area contributed by atoms with Crippen LogP contribution in [0.15, 0.2) is 78.4 Å². The van der Waals surface area contributed by atoms with E-state index >= 15 is 0 Å². The third kappa shape index (κ3) is 7.25. The number of rotatable bonds is 13. The van der Waals surface area contributed by atoms with Gasteiger partial charge in [-0.3, -0.25) is 5.43 Å². The summed E-state index contributed by atoms with van der Waals surface area (Å²) in [4.78, 5) is 13.1. The molecule has 1 aliphatic heterocycles. The van der Waals surface area contributed by atoms with E-state index in [1.165, 1.54) is 10.9 Å². The predicted octanol–water partition coefficient (Wildman–Crippen LogP) is 3.65. The topological polar surface area (TPSA) is 114 Å². The number of carbonyl (C=O) groups is 1. The molecule has 1 atom stereocenters. The summed E-state index contributed by atoms with van der Waals surface area (Å²) in [6, 6.07) is 15.9. The molecule has 1 aromatic heterocycles. The van der Waals surface area contributed by atoms with Crippen molar-refractivity contribution in [2.24, 2.45) is 0 Å². The molecule has 1 aliphatic rings. The maximum absolute atomic E-state index is 14.5. The Morgan fingerprint density at radius 1 is 1.00 bits per heavy atom. The third-order valence-electron chi connectivity index (χ3n) is 6.07. The monoisotopic (exact) mass is 522 g/mol. The van der Waals surface area contributed by atoms with Crippen LogP contribution in [-0.2, 0) is 19.6 Å². The molecule has 3 N–H and O–H groups in total. The largest absolute Gasteiger partial charge is 0.497 e. The Labute approximate surface area is 220 Å². The van der Waals surface area contributed by atoms with Crippen LogP contribution >= 0.6 is 0 Å². The van der Waals surface area contributed by atoms with E-state index in [1.807, 2.05) is 60.7 Å². The zero-order valence-corrected chi connectivity index (χ0v) is 21.3. The number of halogens is 1. The maximum atomic E-state index is 14.5. The van der Waals surface area contributed by atoms with E-state index in [-0.39, 0.29) is 18.7 Å². The van der Waals surface area contributed by atoms with E-state index in [1.54, 1.807) is 14.2 Å². The van der Waals surface area contributed by atoms with Gasteiger partial charge in [-0.15, -0.1) is 5.10 Å². The summed E-state index contributed by atoms with van der Waals surface area (Å²) >= 11 is 0. The number of carboxylic acid groups (broad SMARTS) is 1. The van der Waals surface area contributed by atoms with Crippen LogP contribution in [0.25, 0.3) is 0 Å². The van der Waals surface area contributed by atoms with Gasteiger partial charge < -0.3 is 24.9 Å². The summed E-state index contributed by atoms with van der Waals surface area (Å²) in [7, 11) is 3.29. The average molecular weight is 523 g/mol. The highest BCUT2D eigenvalue weighted by atomic mass is 19.1. The lowest BCUT2D eigenvalue weighted by molar-refractivity contribution is 0.0690. The van der Waals surface area contributed by atoms with Crippen molar-refractivity contribution >= 4 is 5.97 Å². The molecule has 2 aromatic carbocycles. The number of hydrazine groups is 1. The van der Waals surface area contributed by atoms with E-state index in [0.29, 0.717) is 19.5 Å². The van der Waals surface area contributed by atoms with Gasteiger partial charge in [0.2, 0.25) is 0 Å². The number of allylic oxidation sites excluding steroid dienone is 3. The Bertz CT molecular complexity index is 1220. The Morgan fingerprint density at radius 3 is 2.08 bits per heavy atom. The van der Waals surface area contributed by atoms with Gasteiger partial charge in [0, 0.05) is 18.8 Å². The molecule has 0 bridgehead atoms. The smallest absolute Gasteiger partial charge is 0.358 e. The summed E-state index contributed by atoms with van der Waals surface area (Å²) < 4.78 is 26.3. The van der Waals surface area contributed by atoms with Crippen LogP contribution in [0.3, 0.4) is 0 Å². The third-order valence-corrected chi connectivity index (χ3v) is 6.07. The molecule has 11 heteroatoms. The molecule has 10 nitrogen and oxygen atoms in total. The van der Waals surface area contributed by atoms with Gasteiger partial charge in [-0.05, 0) is 60.4 Å². The normalized spacial score (nSPS) is 13.4. The van der Waals surface area contributed by atoms with Gasteiger partial charge in [0.05, 0.1) is 27.0 Å². The summed E-state index contributed by atoms with van der Waals surface area (Å²) in [5, 5.41) is 16.1. The van der Waals surface area contributed by atoms with Crippen molar-refractivity contribution in [3.8, 4) is 11.5 Å². The first-order chi connectivity index (χ1) is 18.4. The van der Waals surface area contributed by atoms with E-state index in [2.05, 4.69) is 26.1 Å². The number of hydrogen-bond donors (Lipinski definition) is 3. The summed E-state index contributed by atoms with van der Waals surface area (Å²) in [6.07, 6.45) is 4.65. The molecule has 0 amide bonds. The number of nitrogens with zero attached hydrogens (tertiary/aromatic N) is 4. The first-order valence-corrected chi connectivity index (χ1v) is 12.1. The van der Waals surface area contributed by atoms with Crippen molar-refractivity contribution in [3.05, 3.63) is 95.2 Å². The first kappa shape index (κ1) is 26.5. The number of ether oxygens (including phenoxy) is 2. The van der Waals surface area contributed by atoms with Crippen molar-refractivity contribution in [2.45, 2.75) is 38.6 Å². The van der Waals surface area contributed by atoms with Crippen molar-refractivity contribution in [3.63, 3.8) is 0 Å². The zero-order chi connectivity index (χ0) is 26.9. The standard InChI is InChI=1S/C27H31FN6O4/c1-37-23-10-3-19(4-11-23)15-33(16-20-5-12-24(38-2)13-6-20)26-14-9-22(29-31-26)8-7-21(28)17-34-18-25(27(35)36)30-32-34/h3-6,9-14,18,21,29,31H,7-8,15-17H2,1-2H3,(H,35,36). The van der Waals surface area contributed by atoms with Gasteiger partial charge in [-0.25, -0.2) is 13.9 Å². The number of hydrogen-bond acceptors (Lipinski definition) is 8. The number of nitrogens with one attached hydrogen (secondary N) is 2. The minimum atomic E-state index is -1.20. The molecule has 200 valence electrons. The predicted molar refractivity (Wildman–Crippen MR) is 139 cm³/mol. The van der Waals surface area contributed by atoms with Crippen molar-refractivity contribution in [1.82, 2.24) is 30.7 Å². The van der Waals surface area contributed by atoms with Crippen molar-refractivity contribution < 1.29 is 23.8 Å². The molecule has 0 saturated heterocycles. The fraction of sp³-hybridized carbons (Fsp3) is 0.296. The second-order valence-corrected chi connectivity index (χ2v) is 8.81. The number of aromatic carboxylic acids is 1. The van der Waals surface area contributed by atoms with Gasteiger partial charge in [-0.2, -0.15) is 0 Å². The molecule has 2 heterocycles. The molecule has 0 fully saturated rings. The first-order valence-electron chi connectivity index (χ1n) is 12.1. The Kier molecular flexibility index (Phi) is 8.81. The summed E-state index contributed by atoms with van der Waals surface area (Å²) in [5.74, 6) is 1.29. The van der Waals surface area contributed by atoms with E-state index in [4.69, 9.17) is 14.6 Å². The fourth-order valence-corrected chi connectivity index (χ4v) is 3.96. The Morgan fingerprint density at radius 2 is 1.61 bits per heavy atom. The van der Waals surface area contributed by atoms with Gasteiger partial charge in [-0.1, -0.05) is 29.5 Å². The van der Waals surface area contributed by atoms with Crippen LogP contribution < -0.4 is 20.3 Å². The molecule has 0 spiro atoms. The van der Waals surface area contributed by atoms with E-state index < -0.39 is 12.1 Å². The molecular formula is C27H31FN6O4. The van der Waals surface area contributed by atoms with Crippen LogP contribution in [0.1, 0.15) is 34.5 Å². The number of benzene rings is 2. The highest BCUT2D eigenvalue weighted by Crippen LogP contribution is 2.21. The summed E-state index contributed by atoms with van der Waals surface area (Å²) in [6.45, 7) is 1.25. The quantitative estimate of drug-likeness (QED) is 0.310. The number of aromatic nitrogens is 3. The lowest BCUT2D eigenvalue weighted by atomic mass is 10.1. The molecule has 0 saturated carbocycles. The number of alkyl halides is 1. The zero-order valence-electron chi connectivity index (χ0n) is 21.3. The molecule has 0 aliphatic carbocycles. The van der Waals surface area contributed by atoms with Crippen LogP contribution in [0, 0.1) is 0 Å². The number of carboxylic acids is 1. The van der Waals surface area contributed by atoms with Crippen LogP contribution in [0.5, 0.6) is 11.5 Å². The van der Waals surface area contributed by atoms with E-state index in [0.717, 1.165) is 34.1 Å². The van der Waals surface area contributed by atoms with Crippen molar-refractivity contribution in [1.29, 1.82) is 0 Å². The fourth-order valence-electron chi connectivity index (χ4n) is 3.96. The lowest BCUT2D eigenvalue weighted by Crippen LogP contribution is -2.40. The lowest BCUT2D eigenvalue weighted by Gasteiger charge is -2.31. The van der Waals surface area contributed by atoms with Crippen LogP contribution in [0.2, 0.25) is 0 Å². The molecule has 0 radical (unpaired) electrons. The Hall–Kier alpha value is -4.54. The second kappa shape index (κ2) is 12.6. The molecular weight excluding hydrogens is 491 g/mol. The van der Waals surface area contributed by atoms with Crippen LogP contribution in [0.4, 0.5) is 4.39 Å². The average Bonchev–Trinajstić information content (AvgIpc) is 3.41. The van der Waals surface area contributed by atoms with Gasteiger partial charge in [0.15, 0.2) is 5.69 Å². The minimum absolute atomic E-state index is 0.0560. The van der Waals surface area contributed by atoms with Crippen molar-refractivity contribution in [2.75, 3.05) is 14.2 Å². The molecule has 1 unspecified atom stereocenters. The summed E-state index contributed by atoms with van der Waals surface area (Å²) in [5.41, 5.74) is 9.31. The molecule has 38 heavy (non-hydrogen) atoms. The highest BCUT2D eigenvalue weighted by molar-refractivity contribution is 5.84. The highest BCUT2D eigenvalue weighted by Gasteiger charge is 2.17. The molecule has 3 aromatic rings. The SMILES string of the molecule is COc1ccc(CN(Cc2ccc(OC)cc2)C2=CC=C(CCC(F)Cn3cc(C(=O)O)nn3)NN2)cc1. The van der Waals surface area contributed by atoms with Gasteiger partial charge >= 0.3 is 5.97 Å². The minimum Gasteiger partial charge on any atom is -0.497 e. The van der Waals surface area contributed by atoms with Crippen LogP contribution in [-0.4, -0.2) is 51.4 Å². The van der Waals surface area contributed by atoms with Gasteiger partial charge in [0.1, 0.15) is 23.5 Å². The van der Waals surface area contributed by atoms with Gasteiger partial charge in [0.25, 0.3) is 0 Å². The Balaban J connectivity index is 1.40. The number of methoxy groups -OCH3 is 2. The molecule has 4 rings (SSSR count). The van der Waals surface area contributed by atoms with E-state index in [9.17, 15) is 9.18 Å². The maximum Gasteiger partial charge on any atom is 0.358 e.